The van der Waals surface area contributed by atoms with Crippen molar-refractivity contribution in [1.82, 2.24) is 15.3 Å². The van der Waals surface area contributed by atoms with Crippen LogP contribution in [0.15, 0.2) is 49.2 Å². The topological polar surface area (TPSA) is 66.9 Å². The van der Waals surface area contributed by atoms with Crippen molar-refractivity contribution < 1.29 is 4.79 Å². The number of hydrogen-bond acceptors (Lipinski definition) is 4. The third kappa shape index (κ3) is 4.15. The maximum Gasteiger partial charge on any atom is 0.270 e. The summed E-state index contributed by atoms with van der Waals surface area (Å²) in [6.07, 6.45) is 3.18. The average molecular weight is 296 g/mol. The van der Waals surface area contributed by atoms with E-state index in [0.29, 0.717) is 24.1 Å². The highest BCUT2D eigenvalue weighted by Gasteiger charge is 2.08. The number of carbonyl (C=O) groups excluding carboxylic acids is 1. The molecule has 1 aromatic heterocycles. The summed E-state index contributed by atoms with van der Waals surface area (Å²) in [5.74, 6) is 0.631. The van der Waals surface area contributed by atoms with Crippen LogP contribution in [0, 0.1) is 0 Å². The van der Waals surface area contributed by atoms with Crippen LogP contribution in [-0.2, 0) is 0 Å². The Bertz CT molecular complexity index is 650. The van der Waals surface area contributed by atoms with Crippen molar-refractivity contribution >= 4 is 17.5 Å². The van der Waals surface area contributed by atoms with Crippen molar-refractivity contribution in [3.63, 3.8) is 0 Å². The summed E-state index contributed by atoms with van der Waals surface area (Å²) in [7, 11) is 0. The molecular weight excluding hydrogens is 276 g/mol. The van der Waals surface area contributed by atoms with Crippen molar-refractivity contribution in [1.29, 1.82) is 0 Å². The van der Waals surface area contributed by atoms with Gasteiger partial charge in [-0.1, -0.05) is 32.1 Å². The summed E-state index contributed by atoms with van der Waals surface area (Å²) < 4.78 is 0. The van der Waals surface area contributed by atoms with Gasteiger partial charge < -0.3 is 10.6 Å². The van der Waals surface area contributed by atoms with E-state index in [2.05, 4.69) is 53.2 Å². The smallest absolute Gasteiger partial charge is 0.270 e. The quantitative estimate of drug-likeness (QED) is 0.803. The molecule has 114 valence electrons. The van der Waals surface area contributed by atoms with Crippen LogP contribution < -0.4 is 10.6 Å². The molecular formula is C17H20N4O. The molecule has 0 unspecified atom stereocenters. The van der Waals surface area contributed by atoms with Gasteiger partial charge in [0, 0.05) is 18.4 Å². The van der Waals surface area contributed by atoms with Crippen molar-refractivity contribution in [2.45, 2.75) is 19.8 Å². The largest absolute Gasteiger partial charge is 0.347 e. The predicted molar refractivity (Wildman–Crippen MR) is 88.4 cm³/mol. The minimum absolute atomic E-state index is 0.250. The number of anilines is 2. The Morgan fingerprint density at radius 3 is 2.64 bits per heavy atom. The lowest BCUT2D eigenvalue weighted by Crippen LogP contribution is -2.24. The monoisotopic (exact) mass is 296 g/mol. The molecule has 5 heteroatoms. The number of rotatable bonds is 6. The maximum atomic E-state index is 11.9. The van der Waals surface area contributed by atoms with E-state index in [-0.39, 0.29) is 5.91 Å². The first-order chi connectivity index (χ1) is 10.6. The molecule has 2 N–H and O–H groups in total. The van der Waals surface area contributed by atoms with Crippen LogP contribution in [0.1, 0.15) is 35.8 Å². The maximum absolute atomic E-state index is 11.9. The van der Waals surface area contributed by atoms with E-state index in [1.165, 1.54) is 5.56 Å². The lowest BCUT2D eigenvalue weighted by Gasteiger charge is -2.09. The first-order valence-corrected chi connectivity index (χ1v) is 7.19. The Morgan fingerprint density at radius 2 is 2.00 bits per heavy atom. The molecule has 0 saturated carbocycles. The molecule has 0 fully saturated rings. The molecule has 1 aromatic carbocycles. The number of benzene rings is 1. The number of aromatic nitrogens is 2. The van der Waals surface area contributed by atoms with E-state index in [4.69, 9.17) is 0 Å². The lowest BCUT2D eigenvalue weighted by atomic mass is 10.0. The van der Waals surface area contributed by atoms with Crippen LogP contribution in [0.4, 0.5) is 11.6 Å². The first kappa shape index (κ1) is 15.7. The second kappa shape index (κ2) is 7.36. The van der Waals surface area contributed by atoms with Gasteiger partial charge in [-0.2, -0.15) is 0 Å². The standard InChI is InChI=1S/C17H20N4O/c1-4-10-18-16(22)15-9-11-19-17(21-15)20-14-7-5-13(6-8-14)12(2)3/h4-9,11-12H,1,10H2,2-3H3,(H,18,22)(H,19,20,21). The van der Waals surface area contributed by atoms with E-state index in [1.54, 1.807) is 18.3 Å². The highest BCUT2D eigenvalue weighted by molar-refractivity contribution is 5.92. The zero-order valence-electron chi connectivity index (χ0n) is 12.8. The van der Waals surface area contributed by atoms with Gasteiger partial charge in [-0.15, -0.1) is 6.58 Å². The van der Waals surface area contributed by atoms with E-state index in [1.807, 2.05) is 12.1 Å². The SMILES string of the molecule is C=CCNC(=O)c1ccnc(Nc2ccc(C(C)C)cc2)n1. The predicted octanol–water partition coefficient (Wildman–Crippen LogP) is 3.26. The number of nitrogens with zero attached hydrogens (tertiary/aromatic N) is 2. The number of hydrogen-bond donors (Lipinski definition) is 2. The van der Waals surface area contributed by atoms with E-state index in [9.17, 15) is 4.79 Å². The van der Waals surface area contributed by atoms with Crippen LogP contribution in [0.25, 0.3) is 0 Å². The summed E-state index contributed by atoms with van der Waals surface area (Å²) in [4.78, 5) is 20.2. The van der Waals surface area contributed by atoms with Gasteiger partial charge in [0.05, 0.1) is 0 Å². The molecule has 0 bridgehead atoms. The van der Waals surface area contributed by atoms with Gasteiger partial charge in [-0.05, 0) is 29.7 Å². The van der Waals surface area contributed by atoms with Crippen LogP contribution >= 0.6 is 0 Å². The molecule has 2 aromatic rings. The summed E-state index contributed by atoms with van der Waals surface area (Å²) in [5, 5.41) is 5.78. The molecule has 0 aliphatic carbocycles. The highest BCUT2D eigenvalue weighted by atomic mass is 16.1. The molecule has 22 heavy (non-hydrogen) atoms. The molecule has 0 saturated heterocycles. The molecule has 1 amide bonds. The Kier molecular flexibility index (Phi) is 5.25. The Morgan fingerprint density at radius 1 is 1.27 bits per heavy atom. The molecule has 0 aliphatic heterocycles. The molecule has 0 spiro atoms. The molecule has 0 radical (unpaired) electrons. The first-order valence-electron chi connectivity index (χ1n) is 7.19. The number of nitrogens with one attached hydrogen (secondary N) is 2. The van der Waals surface area contributed by atoms with E-state index >= 15 is 0 Å². The fraction of sp³-hybridized carbons (Fsp3) is 0.235. The third-order valence-electron chi connectivity index (χ3n) is 3.13. The van der Waals surface area contributed by atoms with Crippen LogP contribution in [-0.4, -0.2) is 22.4 Å². The fourth-order valence-electron chi connectivity index (χ4n) is 1.88. The van der Waals surface area contributed by atoms with Crippen LogP contribution in [0.2, 0.25) is 0 Å². The minimum atomic E-state index is -0.250. The van der Waals surface area contributed by atoms with Crippen LogP contribution in [0.3, 0.4) is 0 Å². The minimum Gasteiger partial charge on any atom is -0.347 e. The summed E-state index contributed by atoms with van der Waals surface area (Å²) in [6, 6.07) is 9.65. The van der Waals surface area contributed by atoms with Crippen molar-refractivity contribution in [3.8, 4) is 0 Å². The molecule has 5 nitrogen and oxygen atoms in total. The Labute approximate surface area is 130 Å². The summed E-state index contributed by atoms with van der Waals surface area (Å²) >= 11 is 0. The number of carbonyl (C=O) groups is 1. The Hall–Kier alpha value is -2.69. The van der Waals surface area contributed by atoms with Crippen LogP contribution in [0.5, 0.6) is 0 Å². The zero-order valence-corrected chi connectivity index (χ0v) is 12.8. The Balaban J connectivity index is 2.09. The van der Waals surface area contributed by atoms with Crippen molar-refractivity contribution in [3.05, 3.63) is 60.4 Å². The summed E-state index contributed by atoms with van der Waals surface area (Å²) in [5.41, 5.74) is 2.47. The number of amides is 1. The van der Waals surface area contributed by atoms with Gasteiger partial charge in [0.1, 0.15) is 5.69 Å². The average Bonchev–Trinajstić information content (AvgIpc) is 2.53. The van der Waals surface area contributed by atoms with Gasteiger partial charge in [-0.3, -0.25) is 4.79 Å². The molecule has 1 heterocycles. The van der Waals surface area contributed by atoms with Crippen molar-refractivity contribution in [2.24, 2.45) is 0 Å². The van der Waals surface area contributed by atoms with E-state index < -0.39 is 0 Å². The zero-order chi connectivity index (χ0) is 15.9. The van der Waals surface area contributed by atoms with Gasteiger partial charge in [0.25, 0.3) is 5.91 Å². The second-order valence-corrected chi connectivity index (χ2v) is 5.17. The third-order valence-corrected chi connectivity index (χ3v) is 3.13. The van der Waals surface area contributed by atoms with Gasteiger partial charge >= 0.3 is 0 Å². The normalized spacial score (nSPS) is 10.3. The molecule has 0 aliphatic rings. The lowest BCUT2D eigenvalue weighted by molar-refractivity contribution is 0.0953. The highest BCUT2D eigenvalue weighted by Crippen LogP contribution is 2.18. The summed E-state index contributed by atoms with van der Waals surface area (Å²) in [6.45, 7) is 8.26. The fourth-order valence-corrected chi connectivity index (χ4v) is 1.88. The molecule has 0 atom stereocenters. The van der Waals surface area contributed by atoms with E-state index in [0.717, 1.165) is 5.69 Å². The van der Waals surface area contributed by atoms with Gasteiger partial charge in [0.15, 0.2) is 0 Å². The molecule has 2 rings (SSSR count). The van der Waals surface area contributed by atoms with Gasteiger partial charge in [0.2, 0.25) is 5.95 Å². The second-order valence-electron chi connectivity index (χ2n) is 5.17. The van der Waals surface area contributed by atoms with Crippen molar-refractivity contribution in [2.75, 3.05) is 11.9 Å². The van der Waals surface area contributed by atoms with Gasteiger partial charge in [-0.25, -0.2) is 9.97 Å².